The maximum Gasteiger partial charge on any atom is 0.0701 e. The predicted molar refractivity (Wildman–Crippen MR) is 76.7 cm³/mol. The molecule has 1 aromatic carbocycles. The number of rotatable bonds is 4. The van der Waals surface area contributed by atoms with Gasteiger partial charge in [-0.25, -0.2) is 0 Å². The second kappa shape index (κ2) is 5.96. The molecule has 2 rings (SSSR count). The van der Waals surface area contributed by atoms with E-state index in [-0.39, 0.29) is 0 Å². The lowest BCUT2D eigenvalue weighted by Gasteiger charge is -2.03. The summed E-state index contributed by atoms with van der Waals surface area (Å²) in [6.45, 7) is 1.83. The summed E-state index contributed by atoms with van der Waals surface area (Å²) < 4.78 is 2.31. The molecule has 0 fully saturated rings. The quantitative estimate of drug-likeness (QED) is 0.842. The van der Waals surface area contributed by atoms with E-state index in [1.165, 1.54) is 14.2 Å². The summed E-state index contributed by atoms with van der Waals surface area (Å²) in [6, 6.07) is 12.6. The zero-order valence-corrected chi connectivity index (χ0v) is 12.5. The van der Waals surface area contributed by atoms with E-state index in [0.29, 0.717) is 0 Å². The van der Waals surface area contributed by atoms with Gasteiger partial charge >= 0.3 is 0 Å². The van der Waals surface area contributed by atoms with Crippen LogP contribution < -0.4 is 5.32 Å². The van der Waals surface area contributed by atoms with E-state index in [0.717, 1.165) is 17.6 Å². The Morgan fingerprint density at radius 2 is 1.69 bits per heavy atom. The van der Waals surface area contributed by atoms with Gasteiger partial charge < -0.3 is 5.32 Å². The first kappa shape index (κ1) is 12.3. The standard InChI is InChI=1S/C12H11Br2NS/c13-10-3-1-9(2-4-10)7-15-8-11-5-6-12(14)16-11/h1-6,15H,7-8H2. The summed E-state index contributed by atoms with van der Waals surface area (Å²) >= 11 is 8.66. The monoisotopic (exact) mass is 359 g/mol. The van der Waals surface area contributed by atoms with E-state index in [1.54, 1.807) is 11.3 Å². The van der Waals surface area contributed by atoms with Crippen LogP contribution in [-0.2, 0) is 13.1 Å². The summed E-state index contributed by atoms with van der Waals surface area (Å²) in [6.07, 6.45) is 0. The molecule has 0 saturated heterocycles. The van der Waals surface area contributed by atoms with Crippen LogP contribution in [0, 0.1) is 0 Å². The molecule has 0 aliphatic rings. The number of halogens is 2. The lowest BCUT2D eigenvalue weighted by molar-refractivity contribution is 0.701. The fourth-order valence-electron chi connectivity index (χ4n) is 1.38. The molecule has 0 radical (unpaired) electrons. The van der Waals surface area contributed by atoms with Crippen LogP contribution in [0.5, 0.6) is 0 Å². The second-order valence-electron chi connectivity index (χ2n) is 3.44. The lowest BCUT2D eigenvalue weighted by atomic mass is 10.2. The SMILES string of the molecule is Brc1ccc(CNCc2ccc(Br)s2)cc1. The molecule has 0 aliphatic heterocycles. The fraction of sp³-hybridized carbons (Fsp3) is 0.167. The summed E-state index contributed by atoms with van der Waals surface area (Å²) in [4.78, 5) is 1.35. The Balaban J connectivity index is 1.82. The van der Waals surface area contributed by atoms with Gasteiger partial charge in [0.2, 0.25) is 0 Å². The van der Waals surface area contributed by atoms with Crippen molar-refractivity contribution >= 4 is 43.2 Å². The van der Waals surface area contributed by atoms with Crippen LogP contribution in [0.1, 0.15) is 10.4 Å². The molecule has 1 nitrogen and oxygen atoms in total. The van der Waals surface area contributed by atoms with E-state index in [2.05, 4.69) is 73.6 Å². The molecule has 0 atom stereocenters. The van der Waals surface area contributed by atoms with E-state index < -0.39 is 0 Å². The molecule has 1 N–H and O–H groups in total. The average Bonchev–Trinajstić information content (AvgIpc) is 2.67. The Morgan fingerprint density at radius 3 is 2.31 bits per heavy atom. The fourth-order valence-corrected chi connectivity index (χ4v) is 3.10. The van der Waals surface area contributed by atoms with Crippen molar-refractivity contribution in [1.29, 1.82) is 0 Å². The van der Waals surface area contributed by atoms with Gasteiger partial charge in [0.1, 0.15) is 0 Å². The Bertz CT molecular complexity index is 450. The minimum atomic E-state index is 0.906. The van der Waals surface area contributed by atoms with Crippen molar-refractivity contribution in [2.75, 3.05) is 0 Å². The number of thiophene rings is 1. The Kier molecular flexibility index (Phi) is 4.58. The third-order valence-corrected chi connectivity index (χ3v) is 4.32. The molecular formula is C12H11Br2NS. The first-order valence-corrected chi connectivity index (χ1v) is 7.33. The van der Waals surface area contributed by atoms with Crippen LogP contribution in [0.2, 0.25) is 0 Å². The molecule has 0 bridgehead atoms. The zero-order valence-electron chi connectivity index (χ0n) is 8.54. The normalized spacial score (nSPS) is 10.6. The van der Waals surface area contributed by atoms with Gasteiger partial charge in [0.15, 0.2) is 0 Å². The Morgan fingerprint density at radius 1 is 0.938 bits per heavy atom. The average molecular weight is 361 g/mol. The van der Waals surface area contributed by atoms with Crippen molar-refractivity contribution in [3.63, 3.8) is 0 Å². The van der Waals surface area contributed by atoms with Crippen LogP contribution in [0.25, 0.3) is 0 Å². The van der Waals surface area contributed by atoms with E-state index in [1.807, 2.05) is 0 Å². The zero-order chi connectivity index (χ0) is 11.4. The summed E-state index contributed by atoms with van der Waals surface area (Å²) in [5, 5.41) is 3.43. The molecule has 4 heteroatoms. The van der Waals surface area contributed by atoms with Gasteiger partial charge in [-0.1, -0.05) is 28.1 Å². The van der Waals surface area contributed by atoms with Crippen LogP contribution in [0.3, 0.4) is 0 Å². The summed E-state index contributed by atoms with van der Waals surface area (Å²) in [7, 11) is 0. The van der Waals surface area contributed by atoms with Gasteiger partial charge in [0.05, 0.1) is 3.79 Å². The van der Waals surface area contributed by atoms with Crippen molar-refractivity contribution in [3.05, 3.63) is 55.1 Å². The molecular weight excluding hydrogens is 350 g/mol. The molecule has 2 aromatic rings. The summed E-state index contributed by atoms with van der Waals surface area (Å²) in [5.41, 5.74) is 1.30. The van der Waals surface area contributed by atoms with Gasteiger partial charge in [-0.15, -0.1) is 11.3 Å². The predicted octanol–water partition coefficient (Wildman–Crippen LogP) is 4.56. The largest absolute Gasteiger partial charge is 0.308 e. The highest BCUT2D eigenvalue weighted by Crippen LogP contribution is 2.21. The first-order valence-electron chi connectivity index (χ1n) is 4.93. The van der Waals surface area contributed by atoms with Gasteiger partial charge in [0.25, 0.3) is 0 Å². The molecule has 16 heavy (non-hydrogen) atoms. The topological polar surface area (TPSA) is 12.0 Å². The highest BCUT2D eigenvalue weighted by atomic mass is 79.9. The minimum absolute atomic E-state index is 0.906. The van der Waals surface area contributed by atoms with Crippen molar-refractivity contribution < 1.29 is 0 Å². The Labute approximate surface area is 116 Å². The number of benzene rings is 1. The van der Waals surface area contributed by atoms with Crippen molar-refractivity contribution in [2.45, 2.75) is 13.1 Å². The van der Waals surface area contributed by atoms with Crippen molar-refractivity contribution in [3.8, 4) is 0 Å². The lowest BCUT2D eigenvalue weighted by Crippen LogP contribution is -2.11. The Hall–Kier alpha value is -0.160. The highest BCUT2D eigenvalue weighted by molar-refractivity contribution is 9.11. The van der Waals surface area contributed by atoms with E-state index >= 15 is 0 Å². The third kappa shape index (κ3) is 3.70. The van der Waals surface area contributed by atoms with Crippen LogP contribution in [-0.4, -0.2) is 0 Å². The molecule has 0 spiro atoms. The van der Waals surface area contributed by atoms with Crippen LogP contribution >= 0.6 is 43.2 Å². The third-order valence-electron chi connectivity index (χ3n) is 2.17. The van der Waals surface area contributed by atoms with Crippen molar-refractivity contribution in [2.24, 2.45) is 0 Å². The second-order valence-corrected chi connectivity index (χ2v) is 6.90. The van der Waals surface area contributed by atoms with E-state index in [9.17, 15) is 0 Å². The highest BCUT2D eigenvalue weighted by Gasteiger charge is 1.97. The minimum Gasteiger partial charge on any atom is -0.308 e. The van der Waals surface area contributed by atoms with Gasteiger partial charge in [-0.3, -0.25) is 0 Å². The molecule has 0 saturated carbocycles. The number of hydrogen-bond acceptors (Lipinski definition) is 2. The number of nitrogens with one attached hydrogen (secondary N) is 1. The van der Waals surface area contributed by atoms with Gasteiger partial charge in [-0.05, 0) is 45.8 Å². The van der Waals surface area contributed by atoms with Crippen molar-refractivity contribution in [1.82, 2.24) is 5.32 Å². The molecule has 0 unspecified atom stereocenters. The first-order chi connectivity index (χ1) is 7.74. The maximum absolute atomic E-state index is 3.46. The molecule has 0 amide bonds. The van der Waals surface area contributed by atoms with Gasteiger partial charge in [0, 0.05) is 22.4 Å². The molecule has 1 heterocycles. The smallest absolute Gasteiger partial charge is 0.0701 e. The van der Waals surface area contributed by atoms with Gasteiger partial charge in [-0.2, -0.15) is 0 Å². The molecule has 0 aliphatic carbocycles. The van der Waals surface area contributed by atoms with Crippen LogP contribution in [0.4, 0.5) is 0 Å². The number of hydrogen-bond donors (Lipinski definition) is 1. The maximum atomic E-state index is 3.46. The van der Waals surface area contributed by atoms with Crippen LogP contribution in [0.15, 0.2) is 44.7 Å². The van der Waals surface area contributed by atoms with E-state index in [4.69, 9.17) is 0 Å². The molecule has 1 aromatic heterocycles. The summed E-state index contributed by atoms with van der Waals surface area (Å²) in [5.74, 6) is 0. The molecule has 84 valence electrons.